The predicted octanol–water partition coefficient (Wildman–Crippen LogP) is 1.49. The van der Waals surface area contributed by atoms with Crippen molar-refractivity contribution in [3.8, 4) is 0 Å². The van der Waals surface area contributed by atoms with Gasteiger partial charge < -0.3 is 5.32 Å². The Morgan fingerprint density at radius 3 is 2.72 bits per heavy atom. The third kappa shape index (κ3) is 3.37. The summed E-state index contributed by atoms with van der Waals surface area (Å²) in [5.41, 5.74) is 1.19. The summed E-state index contributed by atoms with van der Waals surface area (Å²) in [6.45, 7) is 3.11. The average molecular weight is 245 g/mol. The molecule has 2 rings (SSSR count). The van der Waals surface area contributed by atoms with E-state index in [9.17, 15) is 0 Å². The number of rotatable bonds is 6. The van der Waals surface area contributed by atoms with Crippen LogP contribution in [0.1, 0.15) is 30.8 Å². The molecule has 0 radical (unpaired) electrons. The van der Waals surface area contributed by atoms with Crippen LogP contribution in [0.3, 0.4) is 0 Å². The van der Waals surface area contributed by atoms with Crippen LogP contribution in [0.2, 0.25) is 0 Å². The third-order valence-electron chi connectivity index (χ3n) is 2.74. The van der Waals surface area contributed by atoms with Crippen LogP contribution in [0.25, 0.3) is 0 Å². The van der Waals surface area contributed by atoms with E-state index < -0.39 is 0 Å². The fraction of sp³-hybridized carbons (Fsp3) is 0.462. The Balaban J connectivity index is 2.10. The molecule has 1 N–H and O–H groups in total. The normalized spacial score (nSPS) is 12.6. The number of aromatic nitrogens is 4. The highest BCUT2D eigenvalue weighted by Crippen LogP contribution is 2.14. The Morgan fingerprint density at radius 2 is 2.11 bits per heavy atom. The molecule has 0 aliphatic rings. The van der Waals surface area contributed by atoms with Crippen molar-refractivity contribution in [2.75, 3.05) is 6.54 Å². The van der Waals surface area contributed by atoms with Crippen molar-refractivity contribution >= 4 is 0 Å². The van der Waals surface area contributed by atoms with Crippen LogP contribution in [-0.4, -0.2) is 26.3 Å². The first kappa shape index (κ1) is 12.7. The molecule has 2 aromatic heterocycles. The van der Waals surface area contributed by atoms with Gasteiger partial charge in [0.15, 0.2) is 0 Å². The van der Waals surface area contributed by atoms with E-state index in [0.29, 0.717) is 0 Å². The Hall–Kier alpha value is -1.75. The average Bonchev–Trinajstić information content (AvgIpc) is 2.81. The second-order valence-electron chi connectivity index (χ2n) is 4.34. The highest BCUT2D eigenvalue weighted by Gasteiger charge is 2.14. The molecule has 0 bridgehead atoms. The zero-order valence-corrected chi connectivity index (χ0v) is 10.9. The SMILES string of the molecule is CCCNC(Cc1cnn(C)c1)c1ncccn1. The van der Waals surface area contributed by atoms with Gasteiger partial charge in [-0.1, -0.05) is 6.92 Å². The summed E-state index contributed by atoms with van der Waals surface area (Å²) in [5.74, 6) is 0.842. The van der Waals surface area contributed by atoms with Crippen LogP contribution in [0.5, 0.6) is 0 Å². The molecule has 2 heterocycles. The van der Waals surface area contributed by atoms with Crippen molar-refractivity contribution in [1.82, 2.24) is 25.1 Å². The molecule has 0 saturated carbocycles. The van der Waals surface area contributed by atoms with Crippen LogP contribution in [-0.2, 0) is 13.5 Å². The summed E-state index contributed by atoms with van der Waals surface area (Å²) in [7, 11) is 1.93. The van der Waals surface area contributed by atoms with Gasteiger partial charge in [0, 0.05) is 25.6 Å². The van der Waals surface area contributed by atoms with E-state index in [1.165, 1.54) is 5.56 Å². The predicted molar refractivity (Wildman–Crippen MR) is 70.0 cm³/mol. The second kappa shape index (κ2) is 6.26. The van der Waals surface area contributed by atoms with Crippen molar-refractivity contribution < 1.29 is 0 Å². The van der Waals surface area contributed by atoms with Crippen LogP contribution in [0, 0.1) is 0 Å². The molecule has 0 aromatic carbocycles. The first-order valence-electron chi connectivity index (χ1n) is 6.27. The molecule has 2 aromatic rings. The molecule has 18 heavy (non-hydrogen) atoms. The minimum atomic E-state index is 0.148. The summed E-state index contributed by atoms with van der Waals surface area (Å²) < 4.78 is 1.82. The number of hydrogen-bond acceptors (Lipinski definition) is 4. The smallest absolute Gasteiger partial charge is 0.145 e. The number of aryl methyl sites for hydroxylation is 1. The highest BCUT2D eigenvalue weighted by molar-refractivity contribution is 5.09. The summed E-state index contributed by atoms with van der Waals surface area (Å²) in [6, 6.07) is 1.99. The molecule has 96 valence electrons. The summed E-state index contributed by atoms with van der Waals surface area (Å²) in [4.78, 5) is 8.67. The zero-order valence-electron chi connectivity index (χ0n) is 10.9. The Bertz CT molecular complexity index is 465. The number of nitrogens with one attached hydrogen (secondary N) is 1. The molecule has 0 aliphatic heterocycles. The van der Waals surface area contributed by atoms with Crippen LogP contribution < -0.4 is 5.32 Å². The highest BCUT2D eigenvalue weighted by atomic mass is 15.2. The molecular weight excluding hydrogens is 226 g/mol. The van der Waals surface area contributed by atoms with Gasteiger partial charge in [-0.05, 0) is 31.0 Å². The van der Waals surface area contributed by atoms with Gasteiger partial charge in [-0.2, -0.15) is 5.10 Å². The van der Waals surface area contributed by atoms with Crippen molar-refractivity contribution in [2.45, 2.75) is 25.8 Å². The summed E-state index contributed by atoms with van der Waals surface area (Å²) >= 11 is 0. The maximum atomic E-state index is 4.33. The molecule has 1 unspecified atom stereocenters. The second-order valence-corrected chi connectivity index (χ2v) is 4.34. The first-order valence-corrected chi connectivity index (χ1v) is 6.27. The van der Waals surface area contributed by atoms with Gasteiger partial charge in [0.2, 0.25) is 0 Å². The Labute approximate surface area is 107 Å². The molecular formula is C13H19N5. The van der Waals surface area contributed by atoms with E-state index in [2.05, 4.69) is 27.3 Å². The maximum Gasteiger partial charge on any atom is 0.145 e. The van der Waals surface area contributed by atoms with E-state index in [-0.39, 0.29) is 6.04 Å². The Morgan fingerprint density at radius 1 is 1.33 bits per heavy atom. The topological polar surface area (TPSA) is 55.6 Å². The van der Waals surface area contributed by atoms with Gasteiger partial charge in [-0.15, -0.1) is 0 Å². The molecule has 0 saturated heterocycles. The molecule has 0 amide bonds. The van der Waals surface area contributed by atoms with Crippen LogP contribution in [0.15, 0.2) is 30.9 Å². The lowest BCUT2D eigenvalue weighted by Gasteiger charge is -2.15. The van der Waals surface area contributed by atoms with Gasteiger partial charge in [0.05, 0.1) is 12.2 Å². The number of nitrogens with zero attached hydrogens (tertiary/aromatic N) is 4. The fourth-order valence-corrected chi connectivity index (χ4v) is 1.88. The largest absolute Gasteiger partial charge is 0.307 e. The van der Waals surface area contributed by atoms with Crippen molar-refractivity contribution in [1.29, 1.82) is 0 Å². The molecule has 0 spiro atoms. The van der Waals surface area contributed by atoms with E-state index in [1.54, 1.807) is 12.4 Å². The number of hydrogen-bond donors (Lipinski definition) is 1. The van der Waals surface area contributed by atoms with E-state index in [1.807, 2.05) is 30.2 Å². The Kier molecular flexibility index (Phi) is 4.41. The summed E-state index contributed by atoms with van der Waals surface area (Å²) in [6.07, 6.45) is 9.44. The third-order valence-corrected chi connectivity index (χ3v) is 2.74. The lowest BCUT2D eigenvalue weighted by atomic mass is 10.1. The van der Waals surface area contributed by atoms with Crippen LogP contribution in [0.4, 0.5) is 0 Å². The molecule has 5 nitrogen and oxygen atoms in total. The summed E-state index contributed by atoms with van der Waals surface area (Å²) in [5, 5.41) is 7.67. The van der Waals surface area contributed by atoms with Gasteiger partial charge >= 0.3 is 0 Å². The minimum absolute atomic E-state index is 0.148. The molecule has 1 atom stereocenters. The first-order chi connectivity index (χ1) is 8.79. The van der Waals surface area contributed by atoms with Gasteiger partial charge in [-0.25, -0.2) is 9.97 Å². The fourth-order valence-electron chi connectivity index (χ4n) is 1.88. The lowest BCUT2D eigenvalue weighted by molar-refractivity contribution is 0.504. The molecule has 0 fully saturated rings. The van der Waals surface area contributed by atoms with Crippen molar-refractivity contribution in [3.05, 3.63) is 42.2 Å². The monoisotopic (exact) mass is 245 g/mol. The van der Waals surface area contributed by atoms with Gasteiger partial charge in [-0.3, -0.25) is 4.68 Å². The van der Waals surface area contributed by atoms with Crippen molar-refractivity contribution in [3.63, 3.8) is 0 Å². The van der Waals surface area contributed by atoms with Gasteiger partial charge in [0.25, 0.3) is 0 Å². The van der Waals surface area contributed by atoms with Crippen molar-refractivity contribution in [2.24, 2.45) is 7.05 Å². The van der Waals surface area contributed by atoms with E-state index in [4.69, 9.17) is 0 Å². The molecule has 5 heteroatoms. The van der Waals surface area contributed by atoms with E-state index >= 15 is 0 Å². The quantitative estimate of drug-likeness (QED) is 0.838. The minimum Gasteiger partial charge on any atom is -0.307 e. The zero-order chi connectivity index (χ0) is 12.8. The maximum absolute atomic E-state index is 4.33. The van der Waals surface area contributed by atoms with E-state index in [0.717, 1.165) is 25.2 Å². The lowest BCUT2D eigenvalue weighted by Crippen LogP contribution is -2.25. The standard InChI is InChI=1S/C13H19N5/c1-3-5-14-12(13-15-6-4-7-16-13)8-11-9-17-18(2)10-11/h4,6-7,9-10,12,14H,3,5,8H2,1-2H3. The van der Waals surface area contributed by atoms with Crippen LogP contribution >= 0.6 is 0 Å². The molecule has 0 aliphatic carbocycles. The van der Waals surface area contributed by atoms with Gasteiger partial charge in [0.1, 0.15) is 5.82 Å².